The summed E-state index contributed by atoms with van der Waals surface area (Å²) in [6.45, 7) is 3.90. The first-order valence-corrected chi connectivity index (χ1v) is 11.1. The summed E-state index contributed by atoms with van der Waals surface area (Å²) in [6.07, 6.45) is 2.78. The Hall–Kier alpha value is -4.33. The molecule has 2 amide bonds. The van der Waals surface area contributed by atoms with Gasteiger partial charge in [-0.3, -0.25) is 14.5 Å². The number of hydrogen-bond donors (Lipinski definition) is 1. The number of aryl methyl sites for hydroxylation is 3. The number of nitrogens with one attached hydrogen (secondary N) is 1. The molecule has 1 aliphatic rings. The molecule has 8 heteroatoms. The molecule has 1 aromatic heterocycles. The fourth-order valence-electron chi connectivity index (χ4n) is 4.36. The van der Waals surface area contributed by atoms with Crippen molar-refractivity contribution in [1.29, 1.82) is 0 Å². The standard InChI is InChI=1S/C26H24N6O2/c1-17-7-11-21(12-8-17)28-25(33)24-14-9-19-5-3-4-6-23(19)32(24)26(34)20-10-13-22(18(2)15-20)31-16-27-29-30-31/h3-8,10-13,15-16,24H,9,14H2,1-2H3,(H,28,33). The summed E-state index contributed by atoms with van der Waals surface area (Å²) in [5.74, 6) is -0.420. The molecule has 0 spiro atoms. The van der Waals surface area contributed by atoms with Crippen LogP contribution in [0.15, 0.2) is 73.1 Å². The Morgan fingerprint density at radius 3 is 2.50 bits per heavy atom. The number of rotatable bonds is 4. The van der Waals surface area contributed by atoms with Crippen LogP contribution in [-0.4, -0.2) is 38.1 Å². The molecule has 1 atom stereocenters. The van der Waals surface area contributed by atoms with Crippen molar-refractivity contribution < 1.29 is 9.59 Å². The van der Waals surface area contributed by atoms with Gasteiger partial charge in [-0.15, -0.1) is 5.10 Å². The molecule has 1 unspecified atom stereocenters. The number of amides is 2. The maximum absolute atomic E-state index is 13.8. The van der Waals surface area contributed by atoms with E-state index in [0.29, 0.717) is 17.7 Å². The van der Waals surface area contributed by atoms with E-state index >= 15 is 0 Å². The van der Waals surface area contributed by atoms with Crippen LogP contribution in [0, 0.1) is 13.8 Å². The van der Waals surface area contributed by atoms with Crippen LogP contribution in [0.3, 0.4) is 0 Å². The third-order valence-corrected chi connectivity index (χ3v) is 6.13. The number of benzene rings is 3. The van der Waals surface area contributed by atoms with E-state index in [2.05, 4.69) is 20.8 Å². The Labute approximate surface area is 197 Å². The number of para-hydroxylation sites is 1. The number of tetrazole rings is 1. The average molecular weight is 453 g/mol. The highest BCUT2D eigenvalue weighted by molar-refractivity contribution is 6.12. The second kappa shape index (κ2) is 8.90. The number of hydrogen-bond acceptors (Lipinski definition) is 5. The molecule has 3 aromatic carbocycles. The Kier molecular flexibility index (Phi) is 5.63. The van der Waals surface area contributed by atoms with Crippen molar-refractivity contribution in [3.63, 3.8) is 0 Å². The van der Waals surface area contributed by atoms with E-state index in [1.54, 1.807) is 15.6 Å². The van der Waals surface area contributed by atoms with Gasteiger partial charge < -0.3 is 5.32 Å². The Bertz CT molecular complexity index is 1350. The minimum atomic E-state index is -0.622. The smallest absolute Gasteiger partial charge is 0.259 e. The topological polar surface area (TPSA) is 93.0 Å². The highest BCUT2D eigenvalue weighted by Gasteiger charge is 2.36. The molecule has 0 aliphatic carbocycles. The summed E-state index contributed by atoms with van der Waals surface area (Å²) in [4.78, 5) is 28.8. The molecule has 5 rings (SSSR count). The maximum Gasteiger partial charge on any atom is 0.259 e. The number of fused-ring (bicyclic) bond motifs is 1. The van der Waals surface area contributed by atoms with Crippen LogP contribution in [-0.2, 0) is 11.2 Å². The quantitative estimate of drug-likeness (QED) is 0.507. The van der Waals surface area contributed by atoms with Crippen LogP contribution >= 0.6 is 0 Å². The van der Waals surface area contributed by atoms with Gasteiger partial charge in [0.1, 0.15) is 12.4 Å². The molecule has 0 bridgehead atoms. The number of nitrogens with zero attached hydrogens (tertiary/aromatic N) is 5. The van der Waals surface area contributed by atoms with Crippen LogP contribution in [0.2, 0.25) is 0 Å². The van der Waals surface area contributed by atoms with Crippen molar-refractivity contribution in [2.45, 2.75) is 32.7 Å². The number of carbonyl (C=O) groups is 2. The molecular weight excluding hydrogens is 428 g/mol. The molecule has 0 saturated heterocycles. The zero-order valence-electron chi connectivity index (χ0n) is 19.0. The van der Waals surface area contributed by atoms with Crippen molar-refractivity contribution in [2.24, 2.45) is 0 Å². The molecule has 0 radical (unpaired) electrons. The van der Waals surface area contributed by atoms with E-state index in [4.69, 9.17) is 0 Å². The minimum absolute atomic E-state index is 0.200. The normalized spacial score (nSPS) is 15.0. The lowest BCUT2D eigenvalue weighted by atomic mass is 9.94. The van der Waals surface area contributed by atoms with E-state index in [1.165, 1.54) is 6.33 Å². The molecule has 4 aromatic rings. The van der Waals surface area contributed by atoms with Gasteiger partial charge in [0.15, 0.2) is 0 Å². The third-order valence-electron chi connectivity index (χ3n) is 6.13. The summed E-state index contributed by atoms with van der Waals surface area (Å²) in [7, 11) is 0. The predicted octanol–water partition coefficient (Wildman–Crippen LogP) is 3.88. The average Bonchev–Trinajstić information content (AvgIpc) is 3.39. The second-order valence-corrected chi connectivity index (χ2v) is 8.47. The van der Waals surface area contributed by atoms with Crippen molar-refractivity contribution in [2.75, 3.05) is 10.2 Å². The first-order valence-electron chi connectivity index (χ1n) is 11.1. The van der Waals surface area contributed by atoms with Gasteiger partial charge in [0.05, 0.1) is 5.69 Å². The number of carbonyl (C=O) groups excluding carboxylic acids is 2. The molecule has 1 aliphatic heterocycles. The van der Waals surface area contributed by atoms with Gasteiger partial charge in [-0.2, -0.15) is 0 Å². The lowest BCUT2D eigenvalue weighted by Gasteiger charge is -2.36. The van der Waals surface area contributed by atoms with Crippen LogP contribution < -0.4 is 10.2 Å². The van der Waals surface area contributed by atoms with Gasteiger partial charge in [-0.05, 0) is 84.6 Å². The van der Waals surface area contributed by atoms with Crippen LogP contribution in [0.25, 0.3) is 5.69 Å². The number of aromatic nitrogens is 4. The minimum Gasteiger partial charge on any atom is -0.324 e. The fourth-order valence-corrected chi connectivity index (χ4v) is 4.36. The highest BCUT2D eigenvalue weighted by atomic mass is 16.2. The van der Waals surface area contributed by atoms with E-state index in [0.717, 1.165) is 34.5 Å². The largest absolute Gasteiger partial charge is 0.324 e. The Morgan fingerprint density at radius 2 is 1.76 bits per heavy atom. The van der Waals surface area contributed by atoms with Crippen molar-refractivity contribution in [3.8, 4) is 5.69 Å². The Morgan fingerprint density at radius 1 is 0.971 bits per heavy atom. The van der Waals surface area contributed by atoms with Crippen molar-refractivity contribution >= 4 is 23.2 Å². The molecule has 2 heterocycles. The van der Waals surface area contributed by atoms with E-state index in [-0.39, 0.29) is 11.8 Å². The maximum atomic E-state index is 13.8. The molecule has 34 heavy (non-hydrogen) atoms. The predicted molar refractivity (Wildman–Crippen MR) is 129 cm³/mol. The molecule has 0 fully saturated rings. The van der Waals surface area contributed by atoms with Crippen molar-refractivity contribution in [3.05, 3.63) is 95.3 Å². The van der Waals surface area contributed by atoms with E-state index in [1.807, 2.05) is 74.5 Å². The zero-order valence-corrected chi connectivity index (χ0v) is 19.0. The van der Waals surface area contributed by atoms with E-state index in [9.17, 15) is 9.59 Å². The molecule has 1 N–H and O–H groups in total. The van der Waals surface area contributed by atoms with Crippen LogP contribution in [0.1, 0.15) is 33.5 Å². The molecule has 0 saturated carbocycles. The number of anilines is 2. The third kappa shape index (κ3) is 4.05. The zero-order chi connectivity index (χ0) is 23.7. The van der Waals surface area contributed by atoms with Crippen LogP contribution in [0.4, 0.5) is 11.4 Å². The van der Waals surface area contributed by atoms with Gasteiger partial charge in [0, 0.05) is 16.9 Å². The van der Waals surface area contributed by atoms with Gasteiger partial charge in [0.25, 0.3) is 5.91 Å². The molecular formula is C26H24N6O2. The molecule has 8 nitrogen and oxygen atoms in total. The second-order valence-electron chi connectivity index (χ2n) is 8.47. The fraction of sp³-hybridized carbons (Fsp3) is 0.192. The van der Waals surface area contributed by atoms with Gasteiger partial charge in [0.2, 0.25) is 5.91 Å². The summed E-state index contributed by atoms with van der Waals surface area (Å²) in [6, 6.07) is 20.2. The molecule has 170 valence electrons. The summed E-state index contributed by atoms with van der Waals surface area (Å²) in [5, 5.41) is 14.3. The summed E-state index contributed by atoms with van der Waals surface area (Å²) in [5.41, 5.74) is 5.78. The first kappa shape index (κ1) is 21.5. The van der Waals surface area contributed by atoms with Gasteiger partial charge >= 0.3 is 0 Å². The lowest BCUT2D eigenvalue weighted by molar-refractivity contribution is -0.117. The summed E-state index contributed by atoms with van der Waals surface area (Å²) >= 11 is 0. The highest BCUT2D eigenvalue weighted by Crippen LogP contribution is 2.33. The SMILES string of the molecule is Cc1ccc(NC(=O)C2CCc3ccccc3N2C(=O)c2ccc(-n3cnnn3)c(C)c2)cc1. The van der Waals surface area contributed by atoms with Crippen molar-refractivity contribution in [1.82, 2.24) is 20.2 Å². The lowest BCUT2D eigenvalue weighted by Crippen LogP contribution is -2.50. The summed E-state index contributed by atoms with van der Waals surface area (Å²) < 4.78 is 1.55. The van der Waals surface area contributed by atoms with Gasteiger partial charge in [-0.25, -0.2) is 4.68 Å². The van der Waals surface area contributed by atoms with Gasteiger partial charge in [-0.1, -0.05) is 35.9 Å². The van der Waals surface area contributed by atoms with Crippen LogP contribution in [0.5, 0.6) is 0 Å². The van der Waals surface area contributed by atoms with E-state index < -0.39 is 6.04 Å². The monoisotopic (exact) mass is 452 g/mol. The first-order chi connectivity index (χ1) is 16.5. The Balaban J connectivity index is 1.49.